The average molecular weight is 461 g/mol. The third-order valence-electron chi connectivity index (χ3n) is 5.87. The van der Waals surface area contributed by atoms with Gasteiger partial charge in [0.1, 0.15) is 11.9 Å². The van der Waals surface area contributed by atoms with Gasteiger partial charge in [-0.25, -0.2) is 13.4 Å². The van der Waals surface area contributed by atoms with Crippen molar-refractivity contribution in [2.75, 3.05) is 23.8 Å². The highest BCUT2D eigenvalue weighted by atomic mass is 32.2. The highest BCUT2D eigenvalue weighted by Gasteiger charge is 2.38. The second-order valence-electron chi connectivity index (χ2n) is 8.31. The Hall–Kier alpha value is -2.79. The van der Waals surface area contributed by atoms with Crippen molar-refractivity contribution in [2.24, 2.45) is 13.0 Å². The zero-order valence-electron chi connectivity index (χ0n) is 18.0. The molecular formula is C21H28N6O4S. The van der Waals surface area contributed by atoms with E-state index >= 15 is 0 Å². The number of amides is 1. The van der Waals surface area contributed by atoms with E-state index in [0.717, 1.165) is 19.1 Å². The van der Waals surface area contributed by atoms with E-state index in [0.29, 0.717) is 38.3 Å². The minimum absolute atomic E-state index is 0.0856. The van der Waals surface area contributed by atoms with Crippen LogP contribution in [0, 0.1) is 11.3 Å². The van der Waals surface area contributed by atoms with Crippen molar-refractivity contribution in [2.45, 2.75) is 48.3 Å². The van der Waals surface area contributed by atoms with Gasteiger partial charge >= 0.3 is 0 Å². The maximum atomic E-state index is 13.1. The van der Waals surface area contributed by atoms with Crippen LogP contribution in [0.25, 0.3) is 0 Å². The van der Waals surface area contributed by atoms with Crippen LogP contribution in [0.1, 0.15) is 37.7 Å². The number of sulfone groups is 1. The first-order valence-electron chi connectivity index (χ1n) is 10.8. The summed E-state index contributed by atoms with van der Waals surface area (Å²) in [7, 11) is -1.76. The molecule has 172 valence electrons. The number of aryl methyl sites for hydroxylation is 1. The van der Waals surface area contributed by atoms with Gasteiger partial charge in [0.25, 0.3) is 0 Å². The molecule has 11 heteroatoms. The van der Waals surface area contributed by atoms with Gasteiger partial charge in [0.2, 0.25) is 5.91 Å². The third-order valence-corrected chi connectivity index (χ3v) is 8.18. The zero-order chi connectivity index (χ0) is 22.7. The molecule has 1 aliphatic heterocycles. The minimum atomic E-state index is -3.52. The number of hydrogen-bond acceptors (Lipinski definition) is 8. The number of nitrogens with one attached hydrogen (secondary N) is 3. The molecule has 1 atom stereocenters. The van der Waals surface area contributed by atoms with Crippen LogP contribution in [-0.4, -0.2) is 59.8 Å². The Balaban J connectivity index is 1.61. The molecule has 3 N–H and O–H groups in total. The maximum Gasteiger partial charge on any atom is 0.248 e. The predicted molar refractivity (Wildman–Crippen MR) is 120 cm³/mol. The largest absolute Gasteiger partial charge is 0.381 e. The number of pyridine rings is 1. The van der Waals surface area contributed by atoms with E-state index in [9.17, 15) is 13.2 Å². The van der Waals surface area contributed by atoms with Gasteiger partial charge < -0.3 is 20.8 Å². The Morgan fingerprint density at radius 3 is 2.69 bits per heavy atom. The standard InChI is InChI=1S/C21H28N6O4S/c1-27-9-5-19(26-27)25-21(28)17(12-14-6-10-31-11-7-14)24-20-16(13-22)18(4-8-23-20)32(29,30)15-2-3-15/h4-5,8-9,13-15,17,22H,2-3,6-7,10-12H2,1H3,(H,23,24)(H,25,26,28)/t17-/m0/s1. The Morgan fingerprint density at radius 2 is 2.06 bits per heavy atom. The van der Waals surface area contributed by atoms with E-state index in [2.05, 4.69) is 20.7 Å². The molecule has 10 nitrogen and oxygen atoms in total. The fraction of sp³-hybridized carbons (Fsp3) is 0.524. The van der Waals surface area contributed by atoms with Gasteiger partial charge in [0.15, 0.2) is 15.7 Å². The van der Waals surface area contributed by atoms with Crippen LogP contribution in [0.15, 0.2) is 29.4 Å². The smallest absolute Gasteiger partial charge is 0.248 e. The lowest BCUT2D eigenvalue weighted by Crippen LogP contribution is -2.38. The molecule has 0 spiro atoms. The van der Waals surface area contributed by atoms with E-state index in [1.54, 1.807) is 24.0 Å². The molecule has 1 saturated heterocycles. The van der Waals surface area contributed by atoms with E-state index in [-0.39, 0.29) is 28.1 Å². The van der Waals surface area contributed by atoms with Crippen molar-refractivity contribution >= 4 is 33.6 Å². The number of anilines is 2. The van der Waals surface area contributed by atoms with Crippen LogP contribution in [0.3, 0.4) is 0 Å². The Bertz CT molecular complexity index is 1090. The van der Waals surface area contributed by atoms with Crippen LogP contribution in [0.5, 0.6) is 0 Å². The molecule has 32 heavy (non-hydrogen) atoms. The Labute approximate surface area is 187 Å². The second kappa shape index (κ2) is 9.37. The number of aromatic nitrogens is 3. The first kappa shape index (κ1) is 22.4. The summed E-state index contributed by atoms with van der Waals surface area (Å²) in [4.78, 5) is 17.5. The van der Waals surface area contributed by atoms with Gasteiger partial charge in [-0.15, -0.1) is 0 Å². The lowest BCUT2D eigenvalue weighted by molar-refractivity contribution is -0.117. The summed E-state index contributed by atoms with van der Waals surface area (Å²) < 4.78 is 32.7. The molecule has 0 aromatic carbocycles. The molecular weight excluding hydrogens is 432 g/mol. The topological polar surface area (TPSA) is 139 Å². The number of carbonyl (C=O) groups excluding carboxylic acids is 1. The molecule has 2 aromatic heterocycles. The number of ether oxygens (including phenoxy) is 1. The van der Waals surface area contributed by atoms with Crippen molar-refractivity contribution in [3.63, 3.8) is 0 Å². The minimum Gasteiger partial charge on any atom is -0.381 e. The summed E-state index contributed by atoms with van der Waals surface area (Å²) in [6, 6.07) is 2.46. The van der Waals surface area contributed by atoms with Gasteiger partial charge in [-0.1, -0.05) is 0 Å². The van der Waals surface area contributed by atoms with Crippen LogP contribution in [0.2, 0.25) is 0 Å². The molecule has 2 aliphatic rings. The summed E-state index contributed by atoms with van der Waals surface area (Å²) in [5, 5.41) is 17.6. The maximum absolute atomic E-state index is 13.1. The monoisotopic (exact) mass is 460 g/mol. The lowest BCUT2D eigenvalue weighted by atomic mass is 9.92. The number of nitrogens with zero attached hydrogens (tertiary/aromatic N) is 3. The number of hydrogen-bond donors (Lipinski definition) is 3. The van der Waals surface area contributed by atoms with Crippen molar-refractivity contribution in [3.05, 3.63) is 30.1 Å². The number of rotatable bonds is 9. The van der Waals surface area contributed by atoms with Crippen LogP contribution in [-0.2, 0) is 26.4 Å². The molecule has 3 heterocycles. The summed E-state index contributed by atoms with van der Waals surface area (Å²) in [6.07, 6.45) is 7.61. The highest BCUT2D eigenvalue weighted by molar-refractivity contribution is 7.92. The molecule has 0 bridgehead atoms. The van der Waals surface area contributed by atoms with Crippen molar-refractivity contribution < 1.29 is 17.9 Å². The zero-order valence-corrected chi connectivity index (χ0v) is 18.8. The molecule has 1 amide bonds. The van der Waals surface area contributed by atoms with Crippen LogP contribution >= 0.6 is 0 Å². The van der Waals surface area contributed by atoms with Crippen molar-refractivity contribution in [1.29, 1.82) is 5.41 Å². The average Bonchev–Trinajstić information content (AvgIpc) is 3.57. The highest BCUT2D eigenvalue weighted by Crippen LogP contribution is 2.36. The Kier molecular flexibility index (Phi) is 6.56. The van der Waals surface area contributed by atoms with Gasteiger partial charge in [-0.2, -0.15) is 5.10 Å². The summed E-state index contributed by atoms with van der Waals surface area (Å²) in [5.41, 5.74) is 0.182. The van der Waals surface area contributed by atoms with E-state index < -0.39 is 21.1 Å². The molecule has 2 fully saturated rings. The second-order valence-corrected chi connectivity index (χ2v) is 10.5. The summed E-state index contributed by atoms with van der Waals surface area (Å²) >= 11 is 0. The molecule has 0 unspecified atom stereocenters. The van der Waals surface area contributed by atoms with E-state index in [1.807, 2.05) is 0 Å². The summed E-state index contributed by atoms with van der Waals surface area (Å²) in [6.45, 7) is 1.30. The first-order chi connectivity index (χ1) is 15.4. The van der Waals surface area contributed by atoms with Crippen LogP contribution in [0.4, 0.5) is 11.6 Å². The summed E-state index contributed by atoms with van der Waals surface area (Å²) in [5.74, 6) is 0.637. The van der Waals surface area contributed by atoms with Gasteiger partial charge in [0.05, 0.1) is 15.7 Å². The quantitative estimate of drug-likeness (QED) is 0.486. The van der Waals surface area contributed by atoms with Gasteiger partial charge in [-0.05, 0) is 44.1 Å². The fourth-order valence-corrected chi connectivity index (χ4v) is 5.75. The van der Waals surface area contributed by atoms with Crippen molar-refractivity contribution in [1.82, 2.24) is 14.8 Å². The predicted octanol–water partition coefficient (Wildman–Crippen LogP) is 1.98. The fourth-order valence-electron chi connectivity index (χ4n) is 3.92. The van der Waals surface area contributed by atoms with Gasteiger partial charge in [-0.3, -0.25) is 9.48 Å². The molecule has 1 aliphatic carbocycles. The van der Waals surface area contributed by atoms with E-state index in [4.69, 9.17) is 10.1 Å². The number of carbonyl (C=O) groups is 1. The molecule has 4 rings (SSSR count). The van der Waals surface area contributed by atoms with Gasteiger partial charge in [0, 0.05) is 44.9 Å². The van der Waals surface area contributed by atoms with E-state index in [1.165, 1.54) is 12.3 Å². The molecule has 2 aromatic rings. The molecule has 1 saturated carbocycles. The van der Waals surface area contributed by atoms with Crippen molar-refractivity contribution in [3.8, 4) is 0 Å². The first-order valence-corrected chi connectivity index (χ1v) is 12.3. The van der Waals surface area contributed by atoms with Crippen LogP contribution < -0.4 is 10.6 Å². The SMILES string of the molecule is Cn1ccc(NC(=O)[C@H](CC2CCOCC2)Nc2nccc(S(=O)(=O)C3CC3)c2C=N)n1. The third kappa shape index (κ3) is 4.99. The normalized spacial score (nSPS) is 18.2. The lowest BCUT2D eigenvalue weighted by Gasteiger charge is -2.27. The molecule has 0 radical (unpaired) electrons. The Morgan fingerprint density at radius 1 is 1.31 bits per heavy atom.